The van der Waals surface area contributed by atoms with E-state index in [9.17, 15) is 0 Å². The fourth-order valence-corrected chi connectivity index (χ4v) is 4.04. The van der Waals surface area contributed by atoms with Gasteiger partial charge in [0, 0.05) is 17.0 Å². The molecule has 0 aliphatic carbocycles. The second-order valence-corrected chi connectivity index (χ2v) is 7.93. The van der Waals surface area contributed by atoms with Gasteiger partial charge in [0.25, 0.3) is 0 Å². The maximum atomic E-state index is 5.32. The van der Waals surface area contributed by atoms with Gasteiger partial charge < -0.3 is 4.74 Å². The zero-order valence-corrected chi connectivity index (χ0v) is 17.6. The van der Waals surface area contributed by atoms with Crippen LogP contribution < -0.4 is 4.74 Å². The summed E-state index contributed by atoms with van der Waals surface area (Å²) in [6.07, 6.45) is 0. The van der Waals surface area contributed by atoms with Gasteiger partial charge in [0.15, 0.2) is 11.0 Å². The number of hydrogen-bond donors (Lipinski definition) is 0. The van der Waals surface area contributed by atoms with Gasteiger partial charge in [-0.3, -0.25) is 4.57 Å². The van der Waals surface area contributed by atoms with E-state index in [2.05, 4.69) is 77.1 Å². The first kappa shape index (κ1) is 19.3. The minimum atomic E-state index is 0.827. The average molecular weight is 402 g/mol. The first-order chi connectivity index (χ1) is 14.1. The minimum absolute atomic E-state index is 0.827. The molecular weight excluding hydrogens is 378 g/mol. The molecule has 3 aromatic carbocycles. The van der Waals surface area contributed by atoms with Crippen molar-refractivity contribution < 1.29 is 4.74 Å². The van der Waals surface area contributed by atoms with E-state index in [-0.39, 0.29) is 0 Å². The number of benzene rings is 3. The highest BCUT2D eigenvalue weighted by Crippen LogP contribution is 2.30. The Bertz CT molecular complexity index is 1100. The van der Waals surface area contributed by atoms with Crippen LogP contribution in [-0.4, -0.2) is 21.9 Å². The van der Waals surface area contributed by atoms with Crippen LogP contribution in [-0.2, 0) is 5.75 Å². The lowest BCUT2D eigenvalue weighted by molar-refractivity contribution is 0.414. The first-order valence-corrected chi connectivity index (χ1v) is 10.5. The van der Waals surface area contributed by atoms with E-state index in [0.29, 0.717) is 0 Å². The van der Waals surface area contributed by atoms with E-state index in [0.717, 1.165) is 33.7 Å². The lowest BCUT2D eigenvalue weighted by atomic mass is 10.1. The van der Waals surface area contributed by atoms with Crippen molar-refractivity contribution in [3.05, 3.63) is 89.5 Å². The van der Waals surface area contributed by atoms with Crippen LogP contribution in [0.15, 0.2) is 78.0 Å². The molecule has 5 heteroatoms. The molecule has 4 nitrogen and oxygen atoms in total. The van der Waals surface area contributed by atoms with Crippen LogP contribution >= 0.6 is 11.8 Å². The van der Waals surface area contributed by atoms with Gasteiger partial charge in [0.1, 0.15) is 5.75 Å². The van der Waals surface area contributed by atoms with Gasteiger partial charge in [-0.05, 0) is 49.7 Å². The molecular formula is C24H23N3OS. The van der Waals surface area contributed by atoms with Crippen molar-refractivity contribution in [3.8, 4) is 22.8 Å². The third-order valence-corrected chi connectivity index (χ3v) is 5.73. The molecule has 0 fully saturated rings. The fourth-order valence-electron chi connectivity index (χ4n) is 3.13. The molecule has 0 spiro atoms. The van der Waals surface area contributed by atoms with Crippen molar-refractivity contribution in [2.45, 2.75) is 24.8 Å². The minimum Gasteiger partial charge on any atom is -0.497 e. The third kappa shape index (κ3) is 4.35. The second-order valence-electron chi connectivity index (χ2n) is 6.98. The highest BCUT2D eigenvalue weighted by Gasteiger charge is 2.16. The van der Waals surface area contributed by atoms with Crippen molar-refractivity contribution >= 4 is 11.8 Å². The molecule has 0 amide bonds. The van der Waals surface area contributed by atoms with Gasteiger partial charge in [0.2, 0.25) is 0 Å². The Morgan fingerprint density at radius 2 is 1.62 bits per heavy atom. The molecule has 1 aromatic heterocycles. The van der Waals surface area contributed by atoms with Crippen LogP contribution in [0.25, 0.3) is 17.1 Å². The summed E-state index contributed by atoms with van der Waals surface area (Å²) in [4.78, 5) is 0. The summed E-state index contributed by atoms with van der Waals surface area (Å²) in [5.74, 6) is 2.50. The van der Waals surface area contributed by atoms with Crippen LogP contribution in [0.5, 0.6) is 5.75 Å². The molecule has 1 heterocycles. The van der Waals surface area contributed by atoms with Gasteiger partial charge in [-0.2, -0.15) is 0 Å². The van der Waals surface area contributed by atoms with Gasteiger partial charge >= 0.3 is 0 Å². The van der Waals surface area contributed by atoms with Crippen molar-refractivity contribution in [2.75, 3.05) is 7.11 Å². The Balaban J connectivity index is 1.73. The van der Waals surface area contributed by atoms with E-state index in [1.54, 1.807) is 18.9 Å². The fraction of sp³-hybridized carbons (Fsp3) is 0.167. The van der Waals surface area contributed by atoms with E-state index < -0.39 is 0 Å². The summed E-state index contributed by atoms with van der Waals surface area (Å²) in [5.41, 5.74) is 5.79. The van der Waals surface area contributed by atoms with Crippen LogP contribution in [0, 0.1) is 13.8 Å². The molecule has 0 aliphatic heterocycles. The third-order valence-electron chi connectivity index (χ3n) is 4.73. The molecule has 146 valence electrons. The topological polar surface area (TPSA) is 39.9 Å². The smallest absolute Gasteiger partial charge is 0.196 e. The maximum Gasteiger partial charge on any atom is 0.196 e. The number of rotatable bonds is 6. The highest BCUT2D eigenvalue weighted by atomic mass is 32.2. The summed E-state index contributed by atoms with van der Waals surface area (Å²) < 4.78 is 7.43. The van der Waals surface area contributed by atoms with Gasteiger partial charge in [-0.1, -0.05) is 65.4 Å². The summed E-state index contributed by atoms with van der Waals surface area (Å²) in [5, 5.41) is 9.92. The van der Waals surface area contributed by atoms with Crippen molar-refractivity contribution in [1.82, 2.24) is 14.8 Å². The van der Waals surface area contributed by atoms with E-state index in [4.69, 9.17) is 4.74 Å². The number of methoxy groups -OCH3 is 1. The zero-order chi connectivity index (χ0) is 20.2. The Labute approximate surface area is 175 Å². The van der Waals surface area contributed by atoms with E-state index in [1.807, 2.05) is 24.3 Å². The Hall–Kier alpha value is -3.05. The lowest BCUT2D eigenvalue weighted by Crippen LogP contribution is -2.00. The number of aryl methyl sites for hydroxylation is 2. The lowest BCUT2D eigenvalue weighted by Gasteiger charge is -2.11. The number of aromatic nitrogens is 3. The number of thioether (sulfide) groups is 1. The number of hydrogen-bond acceptors (Lipinski definition) is 4. The molecule has 0 aliphatic rings. The largest absolute Gasteiger partial charge is 0.497 e. The molecule has 4 rings (SSSR count). The first-order valence-electron chi connectivity index (χ1n) is 9.49. The molecule has 0 bridgehead atoms. The SMILES string of the molecule is COc1ccc(-n2c(SCc3ccc(C)cc3)nnc2-c2cccc(C)c2)cc1. The standard InChI is InChI=1S/C24H23N3OS/c1-17-7-9-19(10-8-17)16-29-24-26-25-23(20-6-4-5-18(2)15-20)27(24)21-11-13-22(28-3)14-12-21/h4-15H,16H2,1-3H3. The Morgan fingerprint density at radius 3 is 2.31 bits per heavy atom. The average Bonchev–Trinajstić information content (AvgIpc) is 3.17. The molecule has 4 aromatic rings. The molecule has 0 atom stereocenters. The molecule has 0 unspecified atom stereocenters. The quantitative estimate of drug-likeness (QED) is 0.380. The van der Waals surface area contributed by atoms with Gasteiger partial charge in [-0.25, -0.2) is 0 Å². The molecule has 0 saturated carbocycles. The predicted molar refractivity (Wildman–Crippen MR) is 119 cm³/mol. The summed E-state index contributed by atoms with van der Waals surface area (Å²) in [6, 6.07) is 25.0. The number of nitrogens with zero attached hydrogens (tertiary/aromatic N) is 3. The van der Waals surface area contributed by atoms with Crippen molar-refractivity contribution in [2.24, 2.45) is 0 Å². The Morgan fingerprint density at radius 1 is 0.862 bits per heavy atom. The summed E-state index contributed by atoms with van der Waals surface area (Å²) >= 11 is 1.69. The molecule has 0 radical (unpaired) electrons. The normalized spacial score (nSPS) is 10.9. The zero-order valence-electron chi connectivity index (χ0n) is 16.8. The monoisotopic (exact) mass is 401 g/mol. The number of ether oxygens (including phenoxy) is 1. The van der Waals surface area contributed by atoms with E-state index in [1.165, 1.54) is 16.7 Å². The maximum absolute atomic E-state index is 5.32. The molecule has 0 N–H and O–H groups in total. The molecule has 29 heavy (non-hydrogen) atoms. The second kappa shape index (κ2) is 8.53. The summed E-state index contributed by atoms with van der Waals surface area (Å²) in [7, 11) is 1.68. The predicted octanol–water partition coefficient (Wildman–Crippen LogP) is 5.85. The highest BCUT2D eigenvalue weighted by molar-refractivity contribution is 7.98. The van der Waals surface area contributed by atoms with Crippen LogP contribution in [0.4, 0.5) is 0 Å². The van der Waals surface area contributed by atoms with Gasteiger partial charge in [0.05, 0.1) is 7.11 Å². The van der Waals surface area contributed by atoms with Gasteiger partial charge in [-0.15, -0.1) is 10.2 Å². The van der Waals surface area contributed by atoms with Crippen molar-refractivity contribution in [3.63, 3.8) is 0 Å². The van der Waals surface area contributed by atoms with E-state index >= 15 is 0 Å². The van der Waals surface area contributed by atoms with Crippen molar-refractivity contribution in [1.29, 1.82) is 0 Å². The van der Waals surface area contributed by atoms with Crippen LogP contribution in [0.1, 0.15) is 16.7 Å². The summed E-state index contributed by atoms with van der Waals surface area (Å²) in [6.45, 7) is 4.19. The Kier molecular flexibility index (Phi) is 5.67. The van der Waals surface area contributed by atoms with Crippen LogP contribution in [0.3, 0.4) is 0 Å². The molecule has 0 saturated heterocycles. The van der Waals surface area contributed by atoms with Crippen LogP contribution in [0.2, 0.25) is 0 Å².